The molecular formula is C14H22ClN3O2. The van der Waals surface area contributed by atoms with Crippen LogP contribution >= 0.6 is 11.6 Å². The molecule has 1 heterocycles. The fraction of sp³-hybridized carbons (Fsp3) is 0.714. The number of aryl methyl sites for hydroxylation is 2. The Hall–Kier alpha value is -1.07. The van der Waals surface area contributed by atoms with Gasteiger partial charge in [0.05, 0.1) is 29.6 Å². The van der Waals surface area contributed by atoms with Crippen molar-refractivity contribution in [3.8, 4) is 0 Å². The Bertz CT molecular complexity index is 483. The molecule has 1 fully saturated rings. The van der Waals surface area contributed by atoms with Crippen molar-refractivity contribution >= 4 is 17.6 Å². The average molecular weight is 300 g/mol. The van der Waals surface area contributed by atoms with Crippen LogP contribution in [0.25, 0.3) is 0 Å². The summed E-state index contributed by atoms with van der Waals surface area (Å²) >= 11 is 6.37. The first-order valence-corrected chi connectivity index (χ1v) is 7.54. The Morgan fingerprint density at radius 2 is 2.20 bits per heavy atom. The predicted octanol–water partition coefficient (Wildman–Crippen LogP) is 2.16. The molecule has 1 aromatic heterocycles. The second-order valence-corrected chi connectivity index (χ2v) is 5.50. The van der Waals surface area contributed by atoms with Gasteiger partial charge in [0.2, 0.25) is 0 Å². The second kappa shape index (κ2) is 6.59. The molecular weight excluding hydrogens is 278 g/mol. The van der Waals surface area contributed by atoms with E-state index in [0.29, 0.717) is 25.7 Å². The van der Waals surface area contributed by atoms with Gasteiger partial charge < -0.3 is 4.74 Å². The van der Waals surface area contributed by atoms with Crippen LogP contribution in [0.5, 0.6) is 0 Å². The van der Waals surface area contributed by atoms with Crippen LogP contribution in [0.4, 0.5) is 0 Å². The van der Waals surface area contributed by atoms with Crippen molar-refractivity contribution in [1.29, 1.82) is 0 Å². The van der Waals surface area contributed by atoms with Gasteiger partial charge in [-0.3, -0.25) is 14.4 Å². The number of hydrogen-bond donors (Lipinski definition) is 0. The molecule has 0 bridgehead atoms. The monoisotopic (exact) mass is 299 g/mol. The molecule has 0 aromatic carbocycles. The third-order valence-corrected chi connectivity index (χ3v) is 3.99. The lowest BCUT2D eigenvalue weighted by atomic mass is 10.3. The third kappa shape index (κ3) is 3.52. The maximum absolute atomic E-state index is 11.7. The zero-order chi connectivity index (χ0) is 14.7. The fourth-order valence-electron chi connectivity index (χ4n) is 2.31. The molecule has 1 aromatic rings. The van der Waals surface area contributed by atoms with E-state index in [1.165, 1.54) is 0 Å². The Morgan fingerprint density at radius 3 is 2.70 bits per heavy atom. The second-order valence-electron chi connectivity index (χ2n) is 5.13. The van der Waals surface area contributed by atoms with Gasteiger partial charge in [-0.05, 0) is 26.2 Å². The SMILES string of the molecule is CCOC(=O)CN(Cc1c(Cl)c(CC)nn1C)C1CC1. The quantitative estimate of drug-likeness (QED) is 0.724. The summed E-state index contributed by atoms with van der Waals surface area (Å²) in [6.45, 7) is 5.25. The molecule has 0 amide bonds. The van der Waals surface area contributed by atoms with E-state index in [9.17, 15) is 4.79 Å². The smallest absolute Gasteiger partial charge is 0.320 e. The van der Waals surface area contributed by atoms with Gasteiger partial charge in [0.25, 0.3) is 0 Å². The molecule has 5 nitrogen and oxygen atoms in total. The molecule has 112 valence electrons. The summed E-state index contributed by atoms with van der Waals surface area (Å²) < 4.78 is 6.86. The maximum atomic E-state index is 11.7. The van der Waals surface area contributed by atoms with E-state index in [2.05, 4.69) is 10.00 Å². The van der Waals surface area contributed by atoms with Gasteiger partial charge in [0.1, 0.15) is 0 Å². The summed E-state index contributed by atoms with van der Waals surface area (Å²) in [5.74, 6) is -0.173. The minimum absolute atomic E-state index is 0.173. The Morgan fingerprint density at radius 1 is 1.50 bits per heavy atom. The zero-order valence-corrected chi connectivity index (χ0v) is 13.1. The van der Waals surface area contributed by atoms with Gasteiger partial charge in [-0.25, -0.2) is 0 Å². The van der Waals surface area contributed by atoms with E-state index in [1.807, 2.05) is 25.6 Å². The summed E-state index contributed by atoms with van der Waals surface area (Å²) in [6.07, 6.45) is 3.08. The summed E-state index contributed by atoms with van der Waals surface area (Å²) in [5, 5.41) is 5.15. The van der Waals surface area contributed by atoms with Crippen molar-refractivity contribution in [2.45, 2.75) is 45.7 Å². The number of nitrogens with zero attached hydrogens (tertiary/aromatic N) is 3. The van der Waals surface area contributed by atoms with E-state index in [-0.39, 0.29) is 5.97 Å². The Balaban J connectivity index is 2.08. The average Bonchev–Trinajstić information content (AvgIpc) is 3.20. The standard InChI is InChI=1S/C14H22ClN3O2/c1-4-11-14(15)12(17(3)16-11)8-18(10-6-7-10)9-13(19)20-5-2/h10H,4-9H2,1-3H3. The minimum Gasteiger partial charge on any atom is -0.465 e. The number of rotatable bonds is 7. The predicted molar refractivity (Wildman–Crippen MR) is 77.7 cm³/mol. The molecule has 0 radical (unpaired) electrons. The Kier molecular flexibility index (Phi) is 5.05. The number of carbonyl (C=O) groups is 1. The summed E-state index contributed by atoms with van der Waals surface area (Å²) in [6, 6.07) is 0.468. The number of aromatic nitrogens is 2. The highest BCUT2D eigenvalue weighted by atomic mass is 35.5. The first-order valence-electron chi connectivity index (χ1n) is 7.16. The van der Waals surface area contributed by atoms with Crippen LogP contribution in [0.2, 0.25) is 5.02 Å². The van der Waals surface area contributed by atoms with Crippen molar-refractivity contribution in [2.75, 3.05) is 13.2 Å². The fourth-order valence-corrected chi connectivity index (χ4v) is 2.66. The third-order valence-electron chi connectivity index (χ3n) is 3.56. The Labute approximate surface area is 124 Å². The number of carbonyl (C=O) groups excluding carboxylic acids is 1. The number of halogens is 1. The molecule has 6 heteroatoms. The maximum Gasteiger partial charge on any atom is 0.320 e. The van der Waals surface area contributed by atoms with Crippen LogP contribution in [0.1, 0.15) is 38.1 Å². The van der Waals surface area contributed by atoms with Gasteiger partial charge >= 0.3 is 5.97 Å². The van der Waals surface area contributed by atoms with Crippen molar-refractivity contribution in [3.05, 3.63) is 16.4 Å². The first-order chi connectivity index (χ1) is 9.56. The molecule has 0 atom stereocenters. The van der Waals surface area contributed by atoms with Gasteiger partial charge in [0, 0.05) is 19.6 Å². The van der Waals surface area contributed by atoms with Crippen LogP contribution in [0.3, 0.4) is 0 Å². The van der Waals surface area contributed by atoms with Gasteiger partial charge in [-0.2, -0.15) is 5.10 Å². The van der Waals surface area contributed by atoms with E-state index < -0.39 is 0 Å². The van der Waals surface area contributed by atoms with Crippen molar-refractivity contribution in [3.63, 3.8) is 0 Å². The van der Waals surface area contributed by atoms with E-state index in [4.69, 9.17) is 16.3 Å². The molecule has 0 N–H and O–H groups in total. The van der Waals surface area contributed by atoms with Crippen LogP contribution in [-0.2, 0) is 29.5 Å². The van der Waals surface area contributed by atoms with Crippen LogP contribution in [0.15, 0.2) is 0 Å². The first kappa shape index (κ1) is 15.3. The highest BCUT2D eigenvalue weighted by Gasteiger charge is 2.32. The van der Waals surface area contributed by atoms with Crippen molar-refractivity contribution in [1.82, 2.24) is 14.7 Å². The van der Waals surface area contributed by atoms with E-state index >= 15 is 0 Å². The molecule has 20 heavy (non-hydrogen) atoms. The normalized spacial score (nSPS) is 14.8. The largest absolute Gasteiger partial charge is 0.465 e. The lowest BCUT2D eigenvalue weighted by molar-refractivity contribution is -0.144. The number of hydrogen-bond acceptors (Lipinski definition) is 4. The number of ether oxygens (including phenoxy) is 1. The van der Waals surface area contributed by atoms with Gasteiger partial charge in [-0.1, -0.05) is 18.5 Å². The lowest BCUT2D eigenvalue weighted by Crippen LogP contribution is -2.33. The van der Waals surface area contributed by atoms with Crippen molar-refractivity contribution in [2.24, 2.45) is 7.05 Å². The van der Waals surface area contributed by atoms with E-state index in [1.54, 1.807) is 0 Å². The van der Waals surface area contributed by atoms with Crippen LogP contribution in [0, 0.1) is 0 Å². The zero-order valence-electron chi connectivity index (χ0n) is 12.4. The molecule has 0 unspecified atom stereocenters. The van der Waals surface area contributed by atoms with E-state index in [0.717, 1.165) is 35.7 Å². The summed E-state index contributed by atoms with van der Waals surface area (Å²) in [7, 11) is 1.90. The molecule has 2 rings (SSSR count). The highest BCUT2D eigenvalue weighted by Crippen LogP contribution is 2.30. The van der Waals surface area contributed by atoms with Crippen LogP contribution < -0.4 is 0 Å². The number of esters is 1. The van der Waals surface area contributed by atoms with Crippen LogP contribution in [-0.4, -0.2) is 39.8 Å². The topological polar surface area (TPSA) is 47.4 Å². The highest BCUT2D eigenvalue weighted by molar-refractivity contribution is 6.31. The van der Waals surface area contributed by atoms with Crippen molar-refractivity contribution < 1.29 is 9.53 Å². The minimum atomic E-state index is -0.173. The molecule has 1 aliphatic rings. The van der Waals surface area contributed by atoms with Gasteiger partial charge in [0.15, 0.2) is 0 Å². The van der Waals surface area contributed by atoms with Gasteiger partial charge in [-0.15, -0.1) is 0 Å². The summed E-state index contributed by atoms with van der Waals surface area (Å²) in [5.41, 5.74) is 1.88. The molecule has 1 aliphatic carbocycles. The lowest BCUT2D eigenvalue weighted by Gasteiger charge is -2.21. The summed E-state index contributed by atoms with van der Waals surface area (Å²) in [4.78, 5) is 13.8. The molecule has 0 aliphatic heterocycles. The molecule has 0 saturated heterocycles. The molecule has 0 spiro atoms. The molecule has 1 saturated carbocycles.